The zero-order valence-electron chi connectivity index (χ0n) is 12.1. The van der Waals surface area contributed by atoms with Gasteiger partial charge in [0.25, 0.3) is 5.91 Å². The SMILES string of the molecule is O=C(COC(=O)c1csc2c1CCCC2)Nc1ccccc1. The molecule has 3 rings (SSSR count). The first-order chi connectivity index (χ1) is 10.7. The molecule has 0 saturated carbocycles. The second kappa shape index (κ2) is 6.75. The van der Waals surface area contributed by atoms with Gasteiger partial charge in [-0.25, -0.2) is 4.79 Å². The highest BCUT2D eigenvalue weighted by Gasteiger charge is 2.21. The highest BCUT2D eigenvalue weighted by Crippen LogP contribution is 2.30. The number of hydrogen-bond donors (Lipinski definition) is 1. The summed E-state index contributed by atoms with van der Waals surface area (Å²) in [5.41, 5.74) is 2.44. The lowest BCUT2D eigenvalue weighted by atomic mass is 9.96. The monoisotopic (exact) mass is 315 g/mol. The Morgan fingerprint density at radius 2 is 1.91 bits per heavy atom. The van der Waals surface area contributed by atoms with Crippen molar-refractivity contribution >= 4 is 28.9 Å². The maximum absolute atomic E-state index is 12.1. The predicted octanol–water partition coefficient (Wildman–Crippen LogP) is 3.42. The number of esters is 1. The highest BCUT2D eigenvalue weighted by atomic mass is 32.1. The first kappa shape index (κ1) is 14.8. The van der Waals surface area contributed by atoms with Gasteiger partial charge in [0, 0.05) is 15.9 Å². The van der Waals surface area contributed by atoms with E-state index >= 15 is 0 Å². The second-order valence-electron chi connectivity index (χ2n) is 5.25. The minimum atomic E-state index is -0.400. The first-order valence-electron chi connectivity index (χ1n) is 7.35. The number of para-hydroxylation sites is 1. The van der Waals surface area contributed by atoms with Crippen molar-refractivity contribution in [2.24, 2.45) is 0 Å². The van der Waals surface area contributed by atoms with Gasteiger partial charge in [-0.15, -0.1) is 11.3 Å². The number of anilines is 1. The van der Waals surface area contributed by atoms with E-state index < -0.39 is 5.97 Å². The molecule has 2 aromatic rings. The summed E-state index contributed by atoms with van der Waals surface area (Å²) in [6.45, 7) is -0.266. The van der Waals surface area contributed by atoms with Gasteiger partial charge in [0.1, 0.15) is 0 Å². The average Bonchev–Trinajstić information content (AvgIpc) is 2.98. The second-order valence-corrected chi connectivity index (χ2v) is 6.21. The number of thiophene rings is 1. The van der Waals surface area contributed by atoms with Crippen LogP contribution in [0, 0.1) is 0 Å². The normalized spacial score (nSPS) is 13.3. The van der Waals surface area contributed by atoms with Gasteiger partial charge >= 0.3 is 5.97 Å². The van der Waals surface area contributed by atoms with Crippen molar-refractivity contribution in [2.75, 3.05) is 11.9 Å². The van der Waals surface area contributed by atoms with Gasteiger partial charge in [-0.1, -0.05) is 18.2 Å². The topological polar surface area (TPSA) is 55.4 Å². The molecule has 5 heteroatoms. The maximum atomic E-state index is 12.1. The molecule has 0 aliphatic heterocycles. The molecule has 114 valence electrons. The van der Waals surface area contributed by atoms with Crippen LogP contribution in [0.25, 0.3) is 0 Å². The van der Waals surface area contributed by atoms with E-state index in [4.69, 9.17) is 4.74 Å². The Hall–Kier alpha value is -2.14. The van der Waals surface area contributed by atoms with E-state index in [1.165, 1.54) is 11.3 Å². The van der Waals surface area contributed by atoms with Crippen molar-refractivity contribution in [3.8, 4) is 0 Å². The number of rotatable bonds is 4. The highest BCUT2D eigenvalue weighted by molar-refractivity contribution is 7.10. The third-order valence-corrected chi connectivity index (χ3v) is 4.76. The molecular weight excluding hydrogens is 298 g/mol. The number of carbonyl (C=O) groups is 2. The fourth-order valence-corrected chi connectivity index (χ4v) is 3.71. The molecule has 1 aliphatic rings. The number of nitrogens with one attached hydrogen (secondary N) is 1. The number of amides is 1. The number of aryl methyl sites for hydroxylation is 1. The molecule has 0 atom stereocenters. The Labute approximate surface area is 133 Å². The van der Waals surface area contributed by atoms with E-state index in [0.717, 1.165) is 24.8 Å². The quantitative estimate of drug-likeness (QED) is 0.880. The van der Waals surface area contributed by atoms with Crippen LogP contribution in [-0.4, -0.2) is 18.5 Å². The standard InChI is InChI=1S/C17H17NO3S/c19-16(18-12-6-2-1-3-7-12)10-21-17(20)14-11-22-15-9-5-4-8-13(14)15/h1-3,6-7,11H,4-5,8-10H2,(H,18,19). The predicted molar refractivity (Wildman–Crippen MR) is 86.3 cm³/mol. The molecular formula is C17H17NO3S. The Balaban J connectivity index is 1.56. The van der Waals surface area contributed by atoms with Crippen LogP contribution in [0.2, 0.25) is 0 Å². The summed E-state index contributed by atoms with van der Waals surface area (Å²) >= 11 is 1.62. The van der Waals surface area contributed by atoms with Gasteiger partial charge in [0.05, 0.1) is 5.56 Å². The van der Waals surface area contributed by atoms with Crippen LogP contribution in [-0.2, 0) is 22.4 Å². The molecule has 0 bridgehead atoms. The Kier molecular flexibility index (Phi) is 4.53. The number of hydrogen-bond acceptors (Lipinski definition) is 4. The average molecular weight is 315 g/mol. The smallest absolute Gasteiger partial charge is 0.339 e. The van der Waals surface area contributed by atoms with Gasteiger partial charge in [-0.05, 0) is 43.4 Å². The molecule has 0 spiro atoms. The molecule has 0 unspecified atom stereocenters. The van der Waals surface area contributed by atoms with Crippen LogP contribution < -0.4 is 5.32 Å². The zero-order chi connectivity index (χ0) is 15.4. The molecule has 4 nitrogen and oxygen atoms in total. The first-order valence-corrected chi connectivity index (χ1v) is 8.23. The summed E-state index contributed by atoms with van der Waals surface area (Å²) in [6.07, 6.45) is 4.27. The van der Waals surface area contributed by atoms with Crippen LogP contribution in [0.1, 0.15) is 33.6 Å². The number of benzene rings is 1. The van der Waals surface area contributed by atoms with Crippen molar-refractivity contribution < 1.29 is 14.3 Å². The largest absolute Gasteiger partial charge is 0.452 e. The molecule has 0 radical (unpaired) electrons. The lowest BCUT2D eigenvalue weighted by Gasteiger charge is -2.12. The molecule has 1 N–H and O–H groups in total. The summed E-state index contributed by atoms with van der Waals surface area (Å²) in [5.74, 6) is -0.730. The maximum Gasteiger partial charge on any atom is 0.339 e. The van der Waals surface area contributed by atoms with Crippen LogP contribution in [0.4, 0.5) is 5.69 Å². The van der Waals surface area contributed by atoms with Crippen molar-refractivity contribution in [1.82, 2.24) is 0 Å². The Morgan fingerprint density at radius 3 is 2.73 bits per heavy atom. The summed E-state index contributed by atoms with van der Waals surface area (Å²) < 4.78 is 5.14. The Bertz CT molecular complexity index is 678. The number of fused-ring (bicyclic) bond motifs is 1. The van der Waals surface area contributed by atoms with Crippen molar-refractivity contribution in [3.05, 3.63) is 51.7 Å². The number of ether oxygens (including phenoxy) is 1. The summed E-state index contributed by atoms with van der Waals surface area (Å²) in [6, 6.07) is 9.11. The van der Waals surface area contributed by atoms with Crippen LogP contribution >= 0.6 is 11.3 Å². The third kappa shape index (κ3) is 3.36. The van der Waals surface area contributed by atoms with Crippen LogP contribution in [0.15, 0.2) is 35.7 Å². The van der Waals surface area contributed by atoms with Crippen molar-refractivity contribution in [3.63, 3.8) is 0 Å². The van der Waals surface area contributed by atoms with Gasteiger partial charge in [-0.2, -0.15) is 0 Å². The van der Waals surface area contributed by atoms with Crippen molar-refractivity contribution in [1.29, 1.82) is 0 Å². The third-order valence-electron chi connectivity index (χ3n) is 3.67. The molecule has 0 fully saturated rings. The minimum absolute atomic E-state index is 0.266. The van der Waals surface area contributed by atoms with E-state index in [0.29, 0.717) is 11.3 Å². The summed E-state index contributed by atoms with van der Waals surface area (Å²) in [7, 11) is 0. The van der Waals surface area contributed by atoms with Crippen LogP contribution in [0.3, 0.4) is 0 Å². The molecule has 22 heavy (non-hydrogen) atoms. The lowest BCUT2D eigenvalue weighted by Crippen LogP contribution is -2.21. The molecule has 0 saturated heterocycles. The van der Waals surface area contributed by atoms with E-state index in [-0.39, 0.29) is 12.5 Å². The molecule has 1 aromatic heterocycles. The van der Waals surface area contributed by atoms with Gasteiger partial charge in [0.15, 0.2) is 6.61 Å². The lowest BCUT2D eigenvalue weighted by molar-refractivity contribution is -0.119. The Morgan fingerprint density at radius 1 is 1.14 bits per heavy atom. The van der Waals surface area contributed by atoms with E-state index in [2.05, 4.69) is 5.32 Å². The van der Waals surface area contributed by atoms with E-state index in [9.17, 15) is 9.59 Å². The minimum Gasteiger partial charge on any atom is -0.452 e. The van der Waals surface area contributed by atoms with E-state index in [1.807, 2.05) is 23.6 Å². The van der Waals surface area contributed by atoms with Crippen LogP contribution in [0.5, 0.6) is 0 Å². The molecule has 1 amide bonds. The zero-order valence-corrected chi connectivity index (χ0v) is 12.9. The van der Waals surface area contributed by atoms with Crippen molar-refractivity contribution in [2.45, 2.75) is 25.7 Å². The van der Waals surface area contributed by atoms with Gasteiger partial charge in [-0.3, -0.25) is 4.79 Å². The van der Waals surface area contributed by atoms with Gasteiger partial charge in [0.2, 0.25) is 0 Å². The fourth-order valence-electron chi connectivity index (χ4n) is 2.59. The van der Waals surface area contributed by atoms with E-state index in [1.54, 1.807) is 23.5 Å². The summed E-state index contributed by atoms with van der Waals surface area (Å²) in [5, 5.41) is 4.55. The summed E-state index contributed by atoms with van der Waals surface area (Å²) in [4.78, 5) is 25.2. The molecule has 1 aliphatic carbocycles. The fraction of sp³-hybridized carbons (Fsp3) is 0.294. The molecule has 1 heterocycles. The van der Waals surface area contributed by atoms with Gasteiger partial charge < -0.3 is 10.1 Å². The number of carbonyl (C=O) groups excluding carboxylic acids is 2. The molecule has 1 aromatic carbocycles.